The first-order valence-electron chi connectivity index (χ1n) is 18.0. The zero-order valence-electron chi connectivity index (χ0n) is 32.8. The molecule has 34 heteroatoms. The van der Waals surface area contributed by atoms with Gasteiger partial charge < -0.3 is 69.9 Å². The highest BCUT2D eigenvalue weighted by Crippen LogP contribution is 2.66. The van der Waals surface area contributed by atoms with Crippen molar-refractivity contribution in [2.75, 3.05) is 65.1 Å². The molecule has 31 nitrogen and oxygen atoms in total. The second-order valence-electron chi connectivity index (χ2n) is 12.5. The molecule has 6 unspecified atom stereocenters. The standard InChI is InChI=1S/C30H40N13O18P3/c31-6-8-36-28(45)18-3-1-5-20(11-18)56-16-24(40-42-34)55-10-9-54-15-23(44)35-7-2-4-19-13-43(27-26(19)29(46)39-30(32)38-27)25-12-21(57-17-37-41-33)22(59-25)14-58-63(50,51)61-64(52,53)60-62(47,48)49/h1,3,5,11,13,21-22,24-25H,6-10,12,14-17,31H2,(H,35,44)(H,36,45)(H,50,51)(H,52,53)(H2,47,48,49)(H3,32,38,39,46). The quantitative estimate of drug-likeness (QED) is 0.0139. The summed E-state index contributed by atoms with van der Waals surface area (Å²) in [5, 5.41) is 11.8. The first kappa shape index (κ1) is 51.2. The van der Waals surface area contributed by atoms with Crippen LogP contribution in [0.1, 0.15) is 28.6 Å². The molecule has 11 N–H and O–H groups in total. The van der Waals surface area contributed by atoms with E-state index in [9.17, 15) is 37.9 Å². The minimum atomic E-state index is -5.83. The van der Waals surface area contributed by atoms with Gasteiger partial charge in [0, 0.05) is 41.1 Å². The Balaban J connectivity index is 1.33. The van der Waals surface area contributed by atoms with Crippen LogP contribution in [0.15, 0.2) is 45.5 Å². The van der Waals surface area contributed by atoms with Crippen LogP contribution < -0.4 is 32.4 Å². The van der Waals surface area contributed by atoms with Gasteiger partial charge in [-0.3, -0.25) is 23.9 Å². The number of ether oxygens (including phenoxy) is 5. The van der Waals surface area contributed by atoms with Gasteiger partial charge in [-0.2, -0.15) is 13.6 Å². The summed E-state index contributed by atoms with van der Waals surface area (Å²) in [6.07, 6.45) is -3.42. The van der Waals surface area contributed by atoms with Crippen molar-refractivity contribution in [1.82, 2.24) is 25.2 Å². The normalized spacial score (nSPS) is 18.3. The van der Waals surface area contributed by atoms with Gasteiger partial charge in [-0.15, -0.1) is 0 Å². The van der Waals surface area contributed by atoms with Crippen molar-refractivity contribution in [2.45, 2.75) is 31.1 Å². The molecule has 6 atom stereocenters. The van der Waals surface area contributed by atoms with Gasteiger partial charge in [-0.05, 0) is 29.3 Å². The summed E-state index contributed by atoms with van der Waals surface area (Å²) in [7, 11) is -17.1. The van der Waals surface area contributed by atoms with E-state index in [0.717, 1.165) is 0 Å². The molecule has 0 bridgehead atoms. The third-order valence-electron chi connectivity index (χ3n) is 7.89. The van der Waals surface area contributed by atoms with Crippen molar-refractivity contribution >= 4 is 52.3 Å². The highest BCUT2D eigenvalue weighted by Gasteiger charge is 2.44. The summed E-state index contributed by atoms with van der Waals surface area (Å²) in [5.74, 6) is 4.51. The fourth-order valence-electron chi connectivity index (χ4n) is 5.41. The highest BCUT2D eigenvalue weighted by atomic mass is 31.3. The van der Waals surface area contributed by atoms with E-state index < -0.39 is 79.5 Å². The number of azide groups is 2. The van der Waals surface area contributed by atoms with Gasteiger partial charge in [0.05, 0.1) is 43.4 Å². The maximum atomic E-state index is 13.0. The van der Waals surface area contributed by atoms with Crippen molar-refractivity contribution in [2.24, 2.45) is 16.0 Å². The van der Waals surface area contributed by atoms with E-state index in [-0.39, 0.29) is 67.8 Å². The minimum Gasteiger partial charge on any atom is -0.491 e. The molecule has 2 amide bonds. The lowest BCUT2D eigenvalue weighted by molar-refractivity contribution is -0.126. The largest absolute Gasteiger partial charge is 0.491 e. The predicted molar refractivity (Wildman–Crippen MR) is 215 cm³/mol. The number of nitrogens with one attached hydrogen (secondary N) is 3. The lowest BCUT2D eigenvalue weighted by Crippen LogP contribution is -2.29. The number of phosphoric acid groups is 3. The molecule has 3 heterocycles. The molecule has 348 valence electrons. The van der Waals surface area contributed by atoms with E-state index in [1.54, 1.807) is 18.2 Å². The SMILES string of the molecule is [N-]=[N+]=NCOC1CC(n2cc(C#CCNC(=O)COCCOC(COc3cccc(C(=O)NCCN)c3)N=[N+]=[N-])c3c(=O)[nH]c(N)nc32)OC1COP(=O)(O)OP(=O)(O)OP(=O)(O)O. The Labute approximate surface area is 359 Å². The second-order valence-corrected chi connectivity index (χ2v) is 16.9. The van der Waals surface area contributed by atoms with Crippen LogP contribution >= 0.6 is 23.5 Å². The fraction of sp³-hybridized carbons (Fsp3) is 0.467. The van der Waals surface area contributed by atoms with Gasteiger partial charge in [0.1, 0.15) is 38.0 Å². The Hall–Kier alpha value is -5.43. The topological polar surface area (TPSA) is 464 Å². The fourth-order valence-corrected chi connectivity index (χ4v) is 8.44. The number of phosphoric ester groups is 1. The molecule has 4 rings (SSSR count). The maximum Gasteiger partial charge on any atom is 0.490 e. The molecule has 0 saturated carbocycles. The van der Waals surface area contributed by atoms with E-state index in [4.69, 9.17) is 60.5 Å². The summed E-state index contributed by atoms with van der Waals surface area (Å²) >= 11 is 0. The van der Waals surface area contributed by atoms with Gasteiger partial charge in [0.15, 0.2) is 11.9 Å². The number of fused-ring (bicyclic) bond motifs is 1. The van der Waals surface area contributed by atoms with Crippen molar-refractivity contribution in [3.8, 4) is 17.6 Å². The van der Waals surface area contributed by atoms with E-state index in [1.807, 2.05) is 0 Å². The van der Waals surface area contributed by atoms with E-state index in [0.29, 0.717) is 17.9 Å². The van der Waals surface area contributed by atoms with Crippen molar-refractivity contribution < 1.29 is 79.7 Å². The van der Waals surface area contributed by atoms with Crippen LogP contribution in [-0.4, -0.2) is 124 Å². The summed E-state index contributed by atoms with van der Waals surface area (Å²) in [5.41, 5.74) is 28.4. The average Bonchev–Trinajstić information content (AvgIpc) is 3.79. The van der Waals surface area contributed by atoms with Crippen LogP contribution in [0.5, 0.6) is 5.75 Å². The third kappa shape index (κ3) is 16.6. The van der Waals surface area contributed by atoms with Gasteiger partial charge in [-0.25, -0.2) is 13.7 Å². The van der Waals surface area contributed by atoms with Crippen LogP contribution in [0.25, 0.3) is 31.9 Å². The molecule has 1 aromatic carbocycles. The monoisotopic (exact) mass is 963 g/mol. The smallest absolute Gasteiger partial charge is 0.490 e. The molecule has 1 saturated heterocycles. The first-order valence-corrected chi connectivity index (χ1v) is 22.5. The summed E-state index contributed by atoms with van der Waals surface area (Å²) in [6, 6.07) is 6.27. The summed E-state index contributed by atoms with van der Waals surface area (Å²) in [4.78, 5) is 86.3. The number of hydrogen-bond acceptors (Lipinski definition) is 19. The molecule has 1 fully saturated rings. The molecular weight excluding hydrogens is 923 g/mol. The van der Waals surface area contributed by atoms with E-state index in [1.165, 1.54) is 16.8 Å². The number of nitrogens with zero attached hydrogens (tertiary/aromatic N) is 8. The number of benzene rings is 1. The molecular formula is C30H40N13O18P3. The van der Waals surface area contributed by atoms with Gasteiger partial charge >= 0.3 is 23.5 Å². The van der Waals surface area contributed by atoms with Gasteiger partial charge in [-0.1, -0.05) is 28.1 Å². The molecule has 0 spiro atoms. The number of carbonyl (C=O) groups excluding carboxylic acids is 2. The van der Waals surface area contributed by atoms with Crippen LogP contribution in [0.3, 0.4) is 0 Å². The molecule has 3 aromatic rings. The van der Waals surface area contributed by atoms with Crippen LogP contribution in [0.2, 0.25) is 0 Å². The Bertz CT molecular complexity index is 2500. The number of rotatable bonds is 25. The predicted octanol–water partition coefficient (Wildman–Crippen LogP) is 0.495. The highest BCUT2D eigenvalue weighted by molar-refractivity contribution is 7.66. The lowest BCUT2D eigenvalue weighted by Gasteiger charge is -2.21. The van der Waals surface area contributed by atoms with Crippen molar-refractivity contribution in [3.63, 3.8) is 0 Å². The van der Waals surface area contributed by atoms with E-state index >= 15 is 0 Å². The zero-order chi connectivity index (χ0) is 46.9. The maximum absolute atomic E-state index is 13.0. The Kier molecular flexibility index (Phi) is 19.2. The van der Waals surface area contributed by atoms with Gasteiger partial charge in [0.2, 0.25) is 11.9 Å². The molecule has 1 aliphatic heterocycles. The Morgan fingerprint density at radius 3 is 2.62 bits per heavy atom. The van der Waals surface area contributed by atoms with Crippen LogP contribution in [0, 0.1) is 11.8 Å². The Morgan fingerprint density at radius 2 is 1.91 bits per heavy atom. The molecule has 0 radical (unpaired) electrons. The van der Waals surface area contributed by atoms with Crippen LogP contribution in [-0.2, 0) is 50.6 Å². The zero-order valence-corrected chi connectivity index (χ0v) is 35.5. The molecule has 0 aliphatic carbocycles. The summed E-state index contributed by atoms with van der Waals surface area (Å²) in [6.45, 7) is -1.96. The molecule has 1 aliphatic rings. The van der Waals surface area contributed by atoms with Gasteiger partial charge in [0.25, 0.3) is 11.5 Å². The average molecular weight is 964 g/mol. The number of H-pyrrole nitrogens is 1. The number of nitrogens with two attached hydrogens (primary N) is 2. The lowest BCUT2D eigenvalue weighted by atomic mass is 10.2. The molecule has 2 aromatic heterocycles. The van der Waals surface area contributed by atoms with Crippen LogP contribution in [0.4, 0.5) is 5.95 Å². The molecule has 64 heavy (non-hydrogen) atoms. The van der Waals surface area contributed by atoms with E-state index in [2.05, 4.69) is 61.1 Å². The number of amides is 2. The third-order valence-corrected chi connectivity index (χ3v) is 11.7. The minimum absolute atomic E-state index is 0.0518. The first-order chi connectivity index (χ1) is 30.3. The number of aromatic amines is 1. The number of anilines is 1. The number of nitrogen functional groups attached to an aromatic ring is 1. The van der Waals surface area contributed by atoms with Crippen molar-refractivity contribution in [1.29, 1.82) is 0 Å². The number of hydrogen-bond donors (Lipinski definition) is 9. The second kappa shape index (κ2) is 24.0. The Morgan fingerprint density at radius 1 is 1.12 bits per heavy atom. The number of carbonyl (C=O) groups is 2. The number of aromatic nitrogens is 3. The summed E-state index contributed by atoms with van der Waals surface area (Å²) < 4.78 is 76.3. The van der Waals surface area contributed by atoms with Crippen molar-refractivity contribution in [3.05, 3.63) is 72.8 Å².